The van der Waals surface area contributed by atoms with Crippen molar-refractivity contribution in [1.82, 2.24) is 4.98 Å². The number of alkyl halides is 4. The Kier molecular flexibility index (Phi) is 3.24. The summed E-state index contributed by atoms with van der Waals surface area (Å²) in [5, 5.41) is 0. The van der Waals surface area contributed by atoms with Gasteiger partial charge in [0.05, 0.1) is 11.3 Å². The quantitative estimate of drug-likeness (QED) is 0.772. The van der Waals surface area contributed by atoms with Crippen molar-refractivity contribution in [2.75, 3.05) is 0 Å². The Morgan fingerprint density at radius 2 is 2.12 bits per heavy atom. The van der Waals surface area contributed by atoms with Crippen LogP contribution in [-0.4, -0.2) is 9.81 Å². The highest BCUT2D eigenvalue weighted by molar-refractivity contribution is 9.09. The van der Waals surface area contributed by atoms with Gasteiger partial charge in [-0.25, -0.2) is 0 Å². The standard InChI is InChI=1S/C11H11BrF3N/c12-9(7-3-4-7)6-10-8(11(13,14)15)2-1-5-16-10/h1-2,5,7,9H,3-4,6H2. The summed E-state index contributed by atoms with van der Waals surface area (Å²) >= 11 is 3.43. The van der Waals surface area contributed by atoms with E-state index in [0.29, 0.717) is 12.3 Å². The smallest absolute Gasteiger partial charge is 0.261 e. The minimum atomic E-state index is -4.31. The van der Waals surface area contributed by atoms with Crippen LogP contribution in [0.4, 0.5) is 13.2 Å². The zero-order valence-corrected chi connectivity index (χ0v) is 10.1. The van der Waals surface area contributed by atoms with E-state index in [4.69, 9.17) is 0 Å². The Morgan fingerprint density at radius 3 is 2.69 bits per heavy atom. The third kappa shape index (κ3) is 2.75. The zero-order chi connectivity index (χ0) is 11.8. The van der Waals surface area contributed by atoms with Crippen LogP contribution in [0.25, 0.3) is 0 Å². The highest BCUT2D eigenvalue weighted by atomic mass is 79.9. The first-order valence-electron chi connectivity index (χ1n) is 5.13. The summed E-state index contributed by atoms with van der Waals surface area (Å²) in [5.41, 5.74) is -0.469. The molecular weight excluding hydrogens is 283 g/mol. The van der Waals surface area contributed by atoms with E-state index in [9.17, 15) is 13.2 Å². The van der Waals surface area contributed by atoms with E-state index < -0.39 is 11.7 Å². The van der Waals surface area contributed by atoms with Crippen molar-refractivity contribution in [2.24, 2.45) is 5.92 Å². The zero-order valence-electron chi connectivity index (χ0n) is 8.47. The minimum absolute atomic E-state index is 0.114. The van der Waals surface area contributed by atoms with Gasteiger partial charge < -0.3 is 0 Å². The summed E-state index contributed by atoms with van der Waals surface area (Å²) in [6.07, 6.45) is -0.342. The molecule has 0 aromatic carbocycles. The molecule has 2 rings (SSSR count). The molecule has 1 saturated carbocycles. The Balaban J connectivity index is 2.19. The Labute approximate surface area is 100 Å². The van der Waals surface area contributed by atoms with Crippen LogP contribution in [0, 0.1) is 5.92 Å². The number of rotatable bonds is 3. The number of aromatic nitrogens is 1. The third-order valence-electron chi connectivity index (χ3n) is 2.72. The van der Waals surface area contributed by atoms with Crippen LogP contribution in [0.1, 0.15) is 24.1 Å². The highest BCUT2D eigenvalue weighted by Gasteiger charge is 2.36. The molecule has 1 nitrogen and oxygen atoms in total. The van der Waals surface area contributed by atoms with Crippen LogP contribution >= 0.6 is 15.9 Å². The van der Waals surface area contributed by atoms with Crippen molar-refractivity contribution in [1.29, 1.82) is 0 Å². The van der Waals surface area contributed by atoms with E-state index in [1.54, 1.807) is 0 Å². The average Bonchev–Trinajstić information content (AvgIpc) is 2.99. The van der Waals surface area contributed by atoms with Gasteiger partial charge in [-0.15, -0.1) is 0 Å². The summed E-state index contributed by atoms with van der Waals surface area (Å²) in [6, 6.07) is 2.42. The molecule has 1 aliphatic carbocycles. The summed E-state index contributed by atoms with van der Waals surface area (Å²) in [6.45, 7) is 0. The van der Waals surface area contributed by atoms with E-state index in [-0.39, 0.29) is 10.5 Å². The lowest BCUT2D eigenvalue weighted by atomic mass is 10.1. The maximum absolute atomic E-state index is 12.7. The first-order valence-corrected chi connectivity index (χ1v) is 6.05. The lowest BCUT2D eigenvalue weighted by Gasteiger charge is -2.13. The van der Waals surface area contributed by atoms with Crippen LogP contribution in [0.5, 0.6) is 0 Å². The molecule has 0 amide bonds. The fraction of sp³-hybridized carbons (Fsp3) is 0.545. The van der Waals surface area contributed by atoms with Gasteiger partial charge in [-0.05, 0) is 30.9 Å². The number of pyridine rings is 1. The molecule has 0 N–H and O–H groups in total. The Bertz CT molecular complexity index is 374. The van der Waals surface area contributed by atoms with Crippen LogP contribution in [0.2, 0.25) is 0 Å². The molecule has 1 unspecified atom stereocenters. The molecule has 16 heavy (non-hydrogen) atoms. The molecule has 1 aromatic rings. The van der Waals surface area contributed by atoms with Crippen LogP contribution < -0.4 is 0 Å². The lowest BCUT2D eigenvalue weighted by molar-refractivity contribution is -0.138. The molecule has 1 aromatic heterocycles. The Morgan fingerprint density at radius 1 is 1.44 bits per heavy atom. The predicted octanol–water partition coefficient (Wildman–Crippen LogP) is 3.82. The van der Waals surface area contributed by atoms with Crippen LogP contribution in [0.3, 0.4) is 0 Å². The van der Waals surface area contributed by atoms with Gasteiger partial charge in [-0.3, -0.25) is 4.98 Å². The Hall–Kier alpha value is -0.580. The second-order valence-electron chi connectivity index (χ2n) is 4.05. The lowest BCUT2D eigenvalue weighted by Crippen LogP contribution is -2.14. The summed E-state index contributed by atoms with van der Waals surface area (Å²) in [5.74, 6) is 0.517. The molecule has 1 heterocycles. The molecule has 1 fully saturated rings. The van der Waals surface area contributed by atoms with Gasteiger partial charge in [0.1, 0.15) is 0 Å². The van der Waals surface area contributed by atoms with Crippen LogP contribution in [0.15, 0.2) is 18.3 Å². The molecule has 1 aliphatic rings. The van der Waals surface area contributed by atoms with Crippen molar-refractivity contribution in [2.45, 2.75) is 30.3 Å². The highest BCUT2D eigenvalue weighted by Crippen LogP contribution is 2.39. The largest absolute Gasteiger partial charge is 0.418 e. The molecule has 1 atom stereocenters. The van der Waals surface area contributed by atoms with E-state index in [0.717, 1.165) is 18.9 Å². The van der Waals surface area contributed by atoms with Gasteiger partial charge in [0, 0.05) is 17.4 Å². The van der Waals surface area contributed by atoms with E-state index in [2.05, 4.69) is 20.9 Å². The van der Waals surface area contributed by atoms with Gasteiger partial charge in [0.2, 0.25) is 0 Å². The van der Waals surface area contributed by atoms with Crippen molar-refractivity contribution < 1.29 is 13.2 Å². The fourth-order valence-corrected chi connectivity index (χ4v) is 2.50. The van der Waals surface area contributed by atoms with Gasteiger partial charge in [0.25, 0.3) is 0 Å². The predicted molar refractivity (Wildman–Crippen MR) is 58.4 cm³/mol. The summed E-state index contributed by atoms with van der Waals surface area (Å²) in [4.78, 5) is 3.96. The van der Waals surface area contributed by atoms with Gasteiger partial charge in [0.15, 0.2) is 0 Å². The monoisotopic (exact) mass is 293 g/mol. The SMILES string of the molecule is FC(F)(F)c1cccnc1CC(Br)C1CC1. The van der Waals surface area contributed by atoms with Crippen LogP contribution in [-0.2, 0) is 12.6 Å². The first-order chi connectivity index (χ1) is 7.48. The molecule has 0 aliphatic heterocycles. The summed E-state index contributed by atoms with van der Waals surface area (Å²) < 4.78 is 38.0. The molecule has 0 radical (unpaired) electrons. The topological polar surface area (TPSA) is 12.9 Å². The summed E-state index contributed by atoms with van der Waals surface area (Å²) in [7, 11) is 0. The number of nitrogens with zero attached hydrogens (tertiary/aromatic N) is 1. The van der Waals surface area contributed by atoms with E-state index >= 15 is 0 Å². The second-order valence-corrected chi connectivity index (χ2v) is 5.23. The van der Waals surface area contributed by atoms with E-state index in [1.165, 1.54) is 12.3 Å². The molecule has 0 spiro atoms. The molecule has 0 bridgehead atoms. The molecule has 0 saturated heterocycles. The maximum atomic E-state index is 12.7. The van der Waals surface area contributed by atoms with E-state index in [1.807, 2.05) is 0 Å². The second kappa shape index (κ2) is 4.35. The normalized spacial score (nSPS) is 18.5. The number of halogens is 4. The van der Waals surface area contributed by atoms with Gasteiger partial charge >= 0.3 is 6.18 Å². The molecule has 5 heteroatoms. The number of hydrogen-bond donors (Lipinski definition) is 0. The third-order valence-corrected chi connectivity index (χ3v) is 3.79. The maximum Gasteiger partial charge on any atom is 0.418 e. The van der Waals surface area contributed by atoms with Crippen molar-refractivity contribution in [3.8, 4) is 0 Å². The molecule has 88 valence electrons. The van der Waals surface area contributed by atoms with Gasteiger partial charge in [-0.2, -0.15) is 13.2 Å². The fourth-order valence-electron chi connectivity index (χ4n) is 1.67. The van der Waals surface area contributed by atoms with Crippen molar-refractivity contribution in [3.05, 3.63) is 29.6 Å². The first kappa shape index (κ1) is 11.9. The average molecular weight is 294 g/mol. The number of hydrogen-bond acceptors (Lipinski definition) is 1. The van der Waals surface area contributed by atoms with Crippen molar-refractivity contribution in [3.63, 3.8) is 0 Å². The van der Waals surface area contributed by atoms with Gasteiger partial charge in [-0.1, -0.05) is 15.9 Å². The minimum Gasteiger partial charge on any atom is -0.261 e. The van der Waals surface area contributed by atoms with Crippen molar-refractivity contribution >= 4 is 15.9 Å². The molecular formula is C11H11BrF3N.